The summed E-state index contributed by atoms with van der Waals surface area (Å²) in [6, 6.07) is 21.2. The zero-order valence-electron chi connectivity index (χ0n) is 14.1. The Hall–Kier alpha value is -2.33. The van der Waals surface area contributed by atoms with Crippen LogP contribution in [0, 0.1) is 0 Å². The highest BCUT2D eigenvalue weighted by Crippen LogP contribution is 2.43. The van der Waals surface area contributed by atoms with E-state index in [9.17, 15) is 0 Å². The molecule has 1 heterocycles. The Balaban J connectivity index is 1.71. The van der Waals surface area contributed by atoms with Gasteiger partial charge in [-0.15, -0.1) is 16.8 Å². The molecule has 3 nitrogen and oxygen atoms in total. The minimum atomic E-state index is 0.196. The molecule has 0 atom stereocenters. The number of benzene rings is 2. The summed E-state index contributed by atoms with van der Waals surface area (Å²) < 4.78 is 2.23. The molecular weight excluding hydrogens is 326 g/mol. The lowest BCUT2D eigenvalue weighted by molar-refractivity contribution is 0.680. The quantitative estimate of drug-likeness (QED) is 0.433. The first kappa shape index (κ1) is 16.2. The maximum atomic E-state index is 4.51. The molecule has 0 amide bonds. The molecule has 0 saturated heterocycles. The third-order valence-electron chi connectivity index (χ3n) is 4.43. The Bertz CT molecular complexity index is 799. The second-order valence-electron chi connectivity index (χ2n) is 6.33. The number of hydrogen-bond donors (Lipinski definition) is 0. The molecule has 1 aliphatic rings. The fraction of sp³-hybridized carbons (Fsp3) is 0.238. The molecule has 4 rings (SSSR count). The van der Waals surface area contributed by atoms with E-state index in [1.54, 1.807) is 11.8 Å². The molecule has 1 fully saturated rings. The number of rotatable bonds is 7. The van der Waals surface area contributed by atoms with Crippen LogP contribution in [-0.2, 0) is 6.54 Å². The van der Waals surface area contributed by atoms with Gasteiger partial charge in [-0.3, -0.25) is 0 Å². The van der Waals surface area contributed by atoms with Gasteiger partial charge < -0.3 is 4.57 Å². The first-order valence-corrected chi connectivity index (χ1v) is 9.55. The second kappa shape index (κ2) is 7.28. The van der Waals surface area contributed by atoms with E-state index < -0.39 is 0 Å². The molecule has 126 valence electrons. The van der Waals surface area contributed by atoms with Crippen molar-refractivity contribution in [2.75, 3.05) is 0 Å². The van der Waals surface area contributed by atoms with Crippen LogP contribution in [0.15, 0.2) is 78.5 Å². The van der Waals surface area contributed by atoms with Crippen LogP contribution in [0.1, 0.15) is 41.0 Å². The zero-order chi connectivity index (χ0) is 17.1. The maximum absolute atomic E-state index is 4.51. The van der Waals surface area contributed by atoms with Crippen LogP contribution in [0.25, 0.3) is 0 Å². The molecule has 25 heavy (non-hydrogen) atoms. The van der Waals surface area contributed by atoms with Crippen molar-refractivity contribution in [3.63, 3.8) is 0 Å². The van der Waals surface area contributed by atoms with Crippen molar-refractivity contribution in [1.82, 2.24) is 14.8 Å². The van der Waals surface area contributed by atoms with Crippen molar-refractivity contribution in [2.24, 2.45) is 0 Å². The highest BCUT2D eigenvalue weighted by Gasteiger charge is 2.31. The molecule has 0 N–H and O–H groups in total. The highest BCUT2D eigenvalue weighted by molar-refractivity contribution is 7.99. The summed E-state index contributed by atoms with van der Waals surface area (Å²) in [4.78, 5) is 0. The Morgan fingerprint density at radius 1 is 1.00 bits per heavy atom. The summed E-state index contributed by atoms with van der Waals surface area (Å²) in [7, 11) is 0. The van der Waals surface area contributed by atoms with Gasteiger partial charge in [0.15, 0.2) is 5.16 Å². The van der Waals surface area contributed by atoms with Crippen LogP contribution in [0.2, 0.25) is 0 Å². The first-order chi connectivity index (χ1) is 12.4. The highest BCUT2D eigenvalue weighted by atomic mass is 32.2. The van der Waals surface area contributed by atoms with Crippen molar-refractivity contribution in [3.8, 4) is 0 Å². The molecule has 1 saturated carbocycles. The van der Waals surface area contributed by atoms with Gasteiger partial charge in [0.05, 0.1) is 5.25 Å². The van der Waals surface area contributed by atoms with Crippen LogP contribution in [0.3, 0.4) is 0 Å². The Kier molecular flexibility index (Phi) is 4.70. The summed E-state index contributed by atoms with van der Waals surface area (Å²) in [5.74, 6) is 1.69. The molecule has 0 aliphatic heterocycles. The fourth-order valence-corrected chi connectivity index (χ4v) is 4.20. The molecule has 0 spiro atoms. The van der Waals surface area contributed by atoms with E-state index in [4.69, 9.17) is 0 Å². The number of thioether (sulfide) groups is 1. The van der Waals surface area contributed by atoms with Crippen molar-refractivity contribution < 1.29 is 0 Å². The van der Waals surface area contributed by atoms with Crippen molar-refractivity contribution in [1.29, 1.82) is 0 Å². The number of hydrogen-bond acceptors (Lipinski definition) is 3. The minimum Gasteiger partial charge on any atom is -0.302 e. The van der Waals surface area contributed by atoms with Crippen LogP contribution in [0.5, 0.6) is 0 Å². The SMILES string of the molecule is C=CCn1c(SC(c2ccccc2)c2ccccc2)nnc1C1CC1. The largest absolute Gasteiger partial charge is 0.302 e. The first-order valence-electron chi connectivity index (χ1n) is 8.67. The third-order valence-corrected chi connectivity index (χ3v) is 5.72. The van der Waals surface area contributed by atoms with E-state index in [1.807, 2.05) is 6.08 Å². The third kappa shape index (κ3) is 3.54. The minimum absolute atomic E-state index is 0.196. The predicted octanol–water partition coefficient (Wildman–Crippen LogP) is 5.22. The average Bonchev–Trinajstić information content (AvgIpc) is 3.44. The normalized spacial score (nSPS) is 14.0. The Morgan fingerprint density at radius 3 is 2.12 bits per heavy atom. The van der Waals surface area contributed by atoms with E-state index in [-0.39, 0.29) is 5.25 Å². The van der Waals surface area contributed by atoms with Gasteiger partial charge in [0.2, 0.25) is 0 Å². The van der Waals surface area contributed by atoms with Crippen LogP contribution in [-0.4, -0.2) is 14.8 Å². The standard InChI is InChI=1S/C21H21N3S/c1-2-15-24-20(18-13-14-18)22-23-21(24)25-19(16-9-5-3-6-10-16)17-11-7-4-8-12-17/h2-12,18-19H,1,13-15H2. The Labute approximate surface area is 152 Å². The number of nitrogens with zero attached hydrogens (tertiary/aromatic N) is 3. The smallest absolute Gasteiger partial charge is 0.192 e. The summed E-state index contributed by atoms with van der Waals surface area (Å²) in [6.45, 7) is 4.67. The molecule has 2 aromatic carbocycles. The summed E-state index contributed by atoms with van der Waals surface area (Å²) in [5.41, 5.74) is 2.56. The Morgan fingerprint density at radius 2 is 1.60 bits per heavy atom. The maximum Gasteiger partial charge on any atom is 0.192 e. The number of allylic oxidation sites excluding steroid dienone is 1. The van der Waals surface area contributed by atoms with Crippen molar-refractivity contribution in [2.45, 2.75) is 35.7 Å². The van der Waals surface area contributed by atoms with Crippen LogP contribution < -0.4 is 0 Å². The van der Waals surface area contributed by atoms with Gasteiger partial charge in [-0.2, -0.15) is 0 Å². The van der Waals surface area contributed by atoms with Crippen LogP contribution >= 0.6 is 11.8 Å². The van der Waals surface area contributed by atoms with Crippen molar-refractivity contribution >= 4 is 11.8 Å². The lowest BCUT2D eigenvalue weighted by Gasteiger charge is -2.17. The molecule has 1 aliphatic carbocycles. The van der Waals surface area contributed by atoms with E-state index in [2.05, 4.69) is 82.0 Å². The van der Waals surface area contributed by atoms with Gasteiger partial charge in [0.25, 0.3) is 0 Å². The second-order valence-corrected chi connectivity index (χ2v) is 7.41. The molecule has 4 heteroatoms. The van der Waals surface area contributed by atoms with Crippen LogP contribution in [0.4, 0.5) is 0 Å². The average molecular weight is 347 g/mol. The van der Waals surface area contributed by atoms with E-state index >= 15 is 0 Å². The van der Waals surface area contributed by atoms with Gasteiger partial charge in [-0.05, 0) is 24.0 Å². The molecule has 0 bridgehead atoms. The molecular formula is C21H21N3S. The lowest BCUT2D eigenvalue weighted by atomic mass is 10.0. The van der Waals surface area contributed by atoms with Gasteiger partial charge in [0.1, 0.15) is 5.82 Å². The summed E-state index contributed by atoms with van der Waals surface area (Å²) in [6.07, 6.45) is 4.38. The monoisotopic (exact) mass is 347 g/mol. The van der Waals surface area contributed by atoms with Gasteiger partial charge in [-0.25, -0.2) is 0 Å². The molecule has 3 aromatic rings. The van der Waals surface area contributed by atoms with E-state index in [0.717, 1.165) is 17.5 Å². The number of aromatic nitrogens is 3. The zero-order valence-corrected chi connectivity index (χ0v) is 14.9. The molecule has 0 radical (unpaired) electrons. The molecule has 1 aromatic heterocycles. The summed E-state index contributed by atoms with van der Waals surface area (Å²) in [5, 5.41) is 10.2. The lowest BCUT2D eigenvalue weighted by Crippen LogP contribution is -2.05. The summed E-state index contributed by atoms with van der Waals surface area (Å²) >= 11 is 1.77. The fourth-order valence-electron chi connectivity index (χ4n) is 3.02. The van der Waals surface area contributed by atoms with E-state index in [1.165, 1.54) is 24.0 Å². The topological polar surface area (TPSA) is 30.7 Å². The molecule has 0 unspecified atom stereocenters. The van der Waals surface area contributed by atoms with Crippen molar-refractivity contribution in [3.05, 3.63) is 90.3 Å². The van der Waals surface area contributed by atoms with Gasteiger partial charge >= 0.3 is 0 Å². The predicted molar refractivity (Wildman–Crippen MR) is 103 cm³/mol. The van der Waals surface area contributed by atoms with E-state index in [0.29, 0.717) is 5.92 Å². The van der Waals surface area contributed by atoms with Gasteiger partial charge in [-0.1, -0.05) is 78.5 Å². The van der Waals surface area contributed by atoms with Gasteiger partial charge in [0, 0.05) is 12.5 Å².